The topological polar surface area (TPSA) is 0 Å². The van der Waals surface area contributed by atoms with Gasteiger partial charge in [0.1, 0.15) is 0 Å². The van der Waals surface area contributed by atoms with Crippen molar-refractivity contribution in [1.82, 2.24) is 0 Å². The molecule has 0 fully saturated rings. The van der Waals surface area contributed by atoms with E-state index in [9.17, 15) is 0 Å². The molecule has 0 saturated heterocycles. The van der Waals surface area contributed by atoms with E-state index in [2.05, 4.69) is 6.08 Å². The minimum atomic E-state index is 0.116. The van der Waals surface area contributed by atoms with Gasteiger partial charge in [0.25, 0.3) is 0 Å². The molecule has 1 aliphatic rings. The van der Waals surface area contributed by atoms with E-state index in [0.29, 0.717) is 0 Å². The zero-order valence-electron chi connectivity index (χ0n) is 4.15. The summed E-state index contributed by atoms with van der Waals surface area (Å²) < 4.78 is 7.05. The van der Waals surface area contributed by atoms with Gasteiger partial charge in [0.05, 0.1) is 0 Å². The number of rotatable bonds is 0. The Bertz CT molecular complexity index is 66.3. The Labute approximate surface area is 33.9 Å². The minimum Gasteiger partial charge on any atom is -0.0885 e. The first kappa shape index (κ1) is 2.01. The lowest BCUT2D eigenvalue weighted by Crippen LogP contribution is -1.50. The van der Waals surface area contributed by atoms with Gasteiger partial charge < -0.3 is 0 Å². The maximum Gasteiger partial charge on any atom is 0.0310 e. The monoisotopic (exact) mass is 69.1 g/mol. The van der Waals surface area contributed by atoms with Crippen LogP contribution in [0.3, 0.4) is 0 Å². The fourth-order valence-electron chi connectivity index (χ4n) is 0.481. The van der Waals surface area contributed by atoms with Gasteiger partial charge in [0.2, 0.25) is 0 Å². The van der Waals surface area contributed by atoms with Crippen molar-refractivity contribution < 1.29 is 1.37 Å². The number of hydrogen-bond donors (Lipinski definition) is 0. The summed E-state index contributed by atoms with van der Waals surface area (Å²) in [6.45, 7) is 0. The standard InChI is InChI=1S/C5H8/c1-2-4-5-3-1/h1-2H,3-5H2/i3D. The Kier molecular flexibility index (Phi) is 0.503. The van der Waals surface area contributed by atoms with Crippen LogP contribution in [0.1, 0.15) is 20.6 Å². The van der Waals surface area contributed by atoms with Gasteiger partial charge in [-0.2, -0.15) is 0 Å². The molecule has 0 N–H and O–H groups in total. The van der Waals surface area contributed by atoms with Crippen molar-refractivity contribution >= 4 is 0 Å². The third-order valence-electron chi connectivity index (χ3n) is 0.772. The lowest BCUT2D eigenvalue weighted by atomic mass is 10.4. The summed E-state index contributed by atoms with van der Waals surface area (Å²) >= 11 is 0. The van der Waals surface area contributed by atoms with E-state index in [1.165, 1.54) is 0 Å². The first-order valence-electron chi connectivity index (χ1n) is 2.56. The average molecular weight is 69.1 g/mol. The van der Waals surface area contributed by atoms with Crippen molar-refractivity contribution in [2.24, 2.45) is 0 Å². The van der Waals surface area contributed by atoms with E-state index in [0.717, 1.165) is 12.8 Å². The van der Waals surface area contributed by atoms with Crippen molar-refractivity contribution in [2.75, 3.05) is 0 Å². The SMILES string of the molecule is [2H]C1C=CCC1. The van der Waals surface area contributed by atoms with Crippen molar-refractivity contribution in [3.8, 4) is 0 Å². The number of allylic oxidation sites excluding steroid dienone is 2. The molecule has 28 valence electrons. The molecular formula is C5H8. The van der Waals surface area contributed by atoms with E-state index in [4.69, 9.17) is 1.37 Å². The van der Waals surface area contributed by atoms with Gasteiger partial charge in [-0.05, 0) is 19.2 Å². The average Bonchev–Trinajstić information content (AvgIpc) is 1.86. The molecule has 0 spiro atoms. The fourth-order valence-corrected chi connectivity index (χ4v) is 0.481. The zero-order chi connectivity index (χ0) is 4.41. The summed E-state index contributed by atoms with van der Waals surface area (Å²) in [5, 5.41) is 0. The molecule has 1 rings (SSSR count). The van der Waals surface area contributed by atoms with Gasteiger partial charge in [0.15, 0.2) is 0 Å². The molecule has 5 heavy (non-hydrogen) atoms. The van der Waals surface area contributed by atoms with Gasteiger partial charge in [-0.1, -0.05) is 12.2 Å². The van der Waals surface area contributed by atoms with Crippen molar-refractivity contribution in [3.05, 3.63) is 12.2 Å². The lowest BCUT2D eigenvalue weighted by Gasteiger charge is -1.69. The predicted octanol–water partition coefficient (Wildman–Crippen LogP) is 1.73. The van der Waals surface area contributed by atoms with E-state index >= 15 is 0 Å². The highest BCUT2D eigenvalue weighted by atomic mass is 13.9. The van der Waals surface area contributed by atoms with E-state index in [1.807, 2.05) is 6.08 Å². The molecule has 0 bridgehead atoms. The first-order chi connectivity index (χ1) is 2.89. The number of hydrogen-bond acceptors (Lipinski definition) is 0. The second kappa shape index (κ2) is 1.25. The van der Waals surface area contributed by atoms with E-state index in [-0.39, 0.29) is 6.40 Å². The molecule has 0 nitrogen and oxygen atoms in total. The van der Waals surface area contributed by atoms with Crippen LogP contribution in [0.5, 0.6) is 0 Å². The lowest BCUT2D eigenvalue weighted by molar-refractivity contribution is 0.929. The maximum atomic E-state index is 7.05. The summed E-state index contributed by atoms with van der Waals surface area (Å²) in [7, 11) is 0. The fraction of sp³-hybridized carbons (Fsp3) is 0.600. The molecular weight excluding hydrogens is 60.1 g/mol. The van der Waals surface area contributed by atoms with Crippen LogP contribution >= 0.6 is 0 Å². The van der Waals surface area contributed by atoms with Crippen LogP contribution in [0.25, 0.3) is 0 Å². The summed E-state index contributed by atoms with van der Waals surface area (Å²) in [5.74, 6) is 0. The highest BCUT2D eigenvalue weighted by Crippen LogP contribution is 2.05. The predicted molar refractivity (Wildman–Crippen MR) is 23.0 cm³/mol. The van der Waals surface area contributed by atoms with Gasteiger partial charge >= 0.3 is 0 Å². The molecule has 0 aromatic carbocycles. The normalized spacial score (nSPS) is 38.4. The molecule has 0 saturated carbocycles. The second-order valence-electron chi connectivity index (χ2n) is 1.24. The largest absolute Gasteiger partial charge is 0.0885 e. The van der Waals surface area contributed by atoms with Gasteiger partial charge in [0, 0.05) is 1.37 Å². The van der Waals surface area contributed by atoms with Gasteiger partial charge in [-0.15, -0.1) is 0 Å². The molecule has 0 amide bonds. The summed E-state index contributed by atoms with van der Waals surface area (Å²) in [4.78, 5) is 0. The van der Waals surface area contributed by atoms with Crippen LogP contribution in [0.15, 0.2) is 12.2 Å². The van der Waals surface area contributed by atoms with Crippen molar-refractivity contribution in [1.29, 1.82) is 0 Å². The Morgan fingerprint density at radius 1 is 1.60 bits per heavy atom. The van der Waals surface area contributed by atoms with Crippen LogP contribution in [-0.2, 0) is 0 Å². The summed E-state index contributed by atoms with van der Waals surface area (Å²) in [6.07, 6.45) is 6.29. The van der Waals surface area contributed by atoms with Crippen LogP contribution in [-0.4, -0.2) is 0 Å². The van der Waals surface area contributed by atoms with Crippen LogP contribution in [0.2, 0.25) is 0 Å². The molecule has 0 heteroatoms. The zero-order valence-corrected chi connectivity index (χ0v) is 3.15. The highest BCUT2D eigenvalue weighted by molar-refractivity contribution is 4.88. The van der Waals surface area contributed by atoms with E-state index < -0.39 is 0 Å². The molecule has 1 aliphatic carbocycles. The smallest absolute Gasteiger partial charge is 0.0310 e. The summed E-state index contributed by atoms with van der Waals surface area (Å²) in [6, 6.07) is 0. The first-order valence-corrected chi connectivity index (χ1v) is 1.98. The van der Waals surface area contributed by atoms with Crippen molar-refractivity contribution in [3.63, 3.8) is 0 Å². The molecule has 0 aliphatic heterocycles. The molecule has 0 heterocycles. The Balaban J connectivity index is 2.38. The van der Waals surface area contributed by atoms with Gasteiger partial charge in [-0.25, -0.2) is 0 Å². The molecule has 0 aromatic heterocycles. The minimum absolute atomic E-state index is 0.116. The van der Waals surface area contributed by atoms with Crippen LogP contribution < -0.4 is 0 Å². The Morgan fingerprint density at radius 3 is 2.80 bits per heavy atom. The highest BCUT2D eigenvalue weighted by Gasteiger charge is 1.84. The van der Waals surface area contributed by atoms with Crippen LogP contribution in [0, 0.1) is 0 Å². The Hall–Kier alpha value is -0.260. The molecule has 1 atom stereocenters. The third kappa shape index (κ3) is 0.504. The maximum absolute atomic E-state index is 7.05. The second-order valence-corrected chi connectivity index (χ2v) is 1.24. The molecule has 0 aromatic rings. The molecule has 1 unspecified atom stereocenters. The quantitative estimate of drug-likeness (QED) is 0.380. The van der Waals surface area contributed by atoms with Gasteiger partial charge in [-0.3, -0.25) is 0 Å². The van der Waals surface area contributed by atoms with Crippen LogP contribution in [0.4, 0.5) is 0 Å². The molecule has 0 radical (unpaired) electrons. The Morgan fingerprint density at radius 2 is 2.60 bits per heavy atom. The van der Waals surface area contributed by atoms with Crippen molar-refractivity contribution in [2.45, 2.75) is 19.2 Å². The third-order valence-corrected chi connectivity index (χ3v) is 0.772. The summed E-state index contributed by atoms with van der Waals surface area (Å²) in [5.41, 5.74) is 0. The van der Waals surface area contributed by atoms with E-state index in [1.54, 1.807) is 0 Å².